The normalized spacial score (nSPS) is 11.6. The first-order valence-corrected chi connectivity index (χ1v) is 8.01. The van der Waals surface area contributed by atoms with Gasteiger partial charge < -0.3 is 10.1 Å². The van der Waals surface area contributed by atoms with E-state index in [1.807, 2.05) is 31.2 Å². The molecule has 0 radical (unpaired) electrons. The summed E-state index contributed by atoms with van der Waals surface area (Å²) < 4.78 is 5.97. The predicted octanol–water partition coefficient (Wildman–Crippen LogP) is 3.27. The molecule has 2 rings (SSSR count). The smallest absolute Gasteiger partial charge is 0.340 e. The van der Waals surface area contributed by atoms with Crippen molar-refractivity contribution in [3.05, 3.63) is 64.4 Å². The summed E-state index contributed by atoms with van der Waals surface area (Å²) in [6, 6.07) is 10.8. The van der Waals surface area contributed by atoms with Crippen molar-refractivity contribution >= 4 is 27.8 Å². The topological polar surface area (TPSA) is 68.3 Å². The van der Waals surface area contributed by atoms with Gasteiger partial charge in [-0.15, -0.1) is 0 Å². The van der Waals surface area contributed by atoms with E-state index in [0.717, 1.165) is 16.5 Å². The molecule has 0 bridgehead atoms. The largest absolute Gasteiger partial charge is 0.452 e. The molecule has 6 heteroatoms. The number of carbonyl (C=O) groups excluding carboxylic acids is 2. The van der Waals surface area contributed by atoms with Crippen LogP contribution in [0.2, 0.25) is 0 Å². The number of amides is 1. The average molecular weight is 377 g/mol. The van der Waals surface area contributed by atoms with Crippen LogP contribution < -0.4 is 5.32 Å². The summed E-state index contributed by atoms with van der Waals surface area (Å²) in [4.78, 5) is 27.6. The molecule has 1 heterocycles. The first-order valence-electron chi connectivity index (χ1n) is 7.22. The van der Waals surface area contributed by atoms with Gasteiger partial charge in [-0.05, 0) is 36.2 Å². The van der Waals surface area contributed by atoms with Gasteiger partial charge in [0.25, 0.3) is 5.91 Å². The van der Waals surface area contributed by atoms with E-state index < -0.39 is 5.97 Å². The lowest BCUT2D eigenvalue weighted by Gasteiger charge is -2.17. The van der Waals surface area contributed by atoms with Crippen LogP contribution in [0.4, 0.5) is 0 Å². The highest BCUT2D eigenvalue weighted by atomic mass is 79.9. The summed E-state index contributed by atoms with van der Waals surface area (Å²) in [5, 5.41) is 2.86. The zero-order valence-electron chi connectivity index (χ0n) is 12.7. The maximum absolute atomic E-state index is 12.0. The van der Waals surface area contributed by atoms with E-state index in [1.165, 1.54) is 6.20 Å². The molecule has 23 heavy (non-hydrogen) atoms. The SMILES string of the molecule is CC[C@H](NC(=O)COC(=O)c1cccnc1)c1ccc(Br)cc1. The van der Waals surface area contributed by atoms with Gasteiger partial charge in [-0.25, -0.2) is 4.79 Å². The molecule has 1 aromatic carbocycles. The van der Waals surface area contributed by atoms with Crippen molar-refractivity contribution in [3.63, 3.8) is 0 Å². The minimum absolute atomic E-state index is 0.118. The Morgan fingerprint density at radius 2 is 2.00 bits per heavy atom. The number of esters is 1. The summed E-state index contributed by atoms with van der Waals surface area (Å²) in [6.07, 6.45) is 3.70. The van der Waals surface area contributed by atoms with Crippen molar-refractivity contribution in [1.29, 1.82) is 0 Å². The van der Waals surface area contributed by atoms with E-state index in [1.54, 1.807) is 18.3 Å². The van der Waals surface area contributed by atoms with Crippen LogP contribution in [0.25, 0.3) is 0 Å². The Morgan fingerprint density at radius 3 is 2.61 bits per heavy atom. The van der Waals surface area contributed by atoms with Crippen LogP contribution in [-0.4, -0.2) is 23.5 Å². The Balaban J connectivity index is 1.88. The van der Waals surface area contributed by atoms with Crippen molar-refractivity contribution in [2.24, 2.45) is 0 Å². The van der Waals surface area contributed by atoms with Crippen LogP contribution in [0.5, 0.6) is 0 Å². The second-order valence-electron chi connectivity index (χ2n) is 4.90. The molecular formula is C17H17BrN2O3. The molecule has 0 spiro atoms. The number of nitrogens with one attached hydrogen (secondary N) is 1. The summed E-state index contributed by atoms with van der Waals surface area (Å²) in [5.74, 6) is -0.901. The Kier molecular flexibility index (Phi) is 6.29. The number of halogens is 1. The fourth-order valence-corrected chi connectivity index (χ4v) is 2.31. The molecule has 120 valence electrons. The van der Waals surface area contributed by atoms with Gasteiger partial charge >= 0.3 is 5.97 Å². The summed E-state index contributed by atoms with van der Waals surface area (Å²) in [6.45, 7) is 1.66. The van der Waals surface area contributed by atoms with Crippen LogP contribution in [0.3, 0.4) is 0 Å². The Labute approximate surface area is 143 Å². The monoisotopic (exact) mass is 376 g/mol. The van der Waals surface area contributed by atoms with E-state index in [2.05, 4.69) is 26.2 Å². The molecule has 0 aliphatic heterocycles. The highest BCUT2D eigenvalue weighted by Crippen LogP contribution is 2.19. The van der Waals surface area contributed by atoms with E-state index in [4.69, 9.17) is 4.74 Å². The Morgan fingerprint density at radius 1 is 1.26 bits per heavy atom. The average Bonchev–Trinajstić information content (AvgIpc) is 2.59. The second kappa shape index (κ2) is 8.43. The van der Waals surface area contributed by atoms with Gasteiger partial charge in [-0.1, -0.05) is 35.0 Å². The van der Waals surface area contributed by atoms with E-state index in [9.17, 15) is 9.59 Å². The molecule has 0 saturated heterocycles. The summed E-state index contributed by atoms with van der Waals surface area (Å²) >= 11 is 3.38. The molecule has 5 nitrogen and oxygen atoms in total. The van der Waals surface area contributed by atoms with Gasteiger partial charge in [-0.3, -0.25) is 9.78 Å². The van der Waals surface area contributed by atoms with Crippen molar-refractivity contribution in [2.75, 3.05) is 6.61 Å². The number of rotatable bonds is 6. The molecule has 0 unspecified atom stereocenters. The second-order valence-corrected chi connectivity index (χ2v) is 5.81. The van der Waals surface area contributed by atoms with E-state index in [-0.39, 0.29) is 18.6 Å². The number of aromatic nitrogens is 1. The van der Waals surface area contributed by atoms with Crippen LogP contribution in [0.1, 0.15) is 35.3 Å². The van der Waals surface area contributed by atoms with Gasteiger partial charge in [-0.2, -0.15) is 0 Å². The summed E-state index contributed by atoms with van der Waals surface area (Å²) in [5.41, 5.74) is 1.32. The third-order valence-corrected chi connectivity index (χ3v) is 3.78. The van der Waals surface area contributed by atoms with E-state index in [0.29, 0.717) is 5.56 Å². The van der Waals surface area contributed by atoms with Crippen LogP contribution in [-0.2, 0) is 9.53 Å². The van der Waals surface area contributed by atoms with E-state index >= 15 is 0 Å². The quantitative estimate of drug-likeness (QED) is 0.785. The van der Waals surface area contributed by atoms with Gasteiger partial charge in [0.2, 0.25) is 0 Å². The van der Waals surface area contributed by atoms with Crippen molar-refractivity contribution < 1.29 is 14.3 Å². The highest BCUT2D eigenvalue weighted by Gasteiger charge is 2.15. The standard InChI is InChI=1S/C17H17BrN2O3/c1-2-15(12-5-7-14(18)8-6-12)20-16(21)11-23-17(22)13-4-3-9-19-10-13/h3-10,15H,2,11H2,1H3,(H,20,21)/t15-/m0/s1. The molecule has 0 aliphatic carbocycles. The van der Waals surface area contributed by atoms with Crippen molar-refractivity contribution in [1.82, 2.24) is 10.3 Å². The third-order valence-electron chi connectivity index (χ3n) is 3.25. The predicted molar refractivity (Wildman–Crippen MR) is 89.8 cm³/mol. The summed E-state index contributed by atoms with van der Waals surface area (Å²) in [7, 11) is 0. The minimum atomic E-state index is -0.565. The molecule has 1 N–H and O–H groups in total. The number of pyridine rings is 1. The first-order chi connectivity index (χ1) is 11.1. The highest BCUT2D eigenvalue weighted by molar-refractivity contribution is 9.10. The molecule has 2 aromatic rings. The molecule has 1 atom stereocenters. The third kappa shape index (κ3) is 5.17. The fraction of sp³-hybridized carbons (Fsp3) is 0.235. The van der Waals surface area contributed by atoms with Crippen LogP contribution in [0, 0.1) is 0 Å². The fourth-order valence-electron chi connectivity index (χ4n) is 2.05. The molecule has 1 amide bonds. The lowest BCUT2D eigenvalue weighted by Crippen LogP contribution is -2.32. The lowest BCUT2D eigenvalue weighted by molar-refractivity contribution is -0.125. The molecule has 1 aromatic heterocycles. The number of ether oxygens (including phenoxy) is 1. The molecule has 0 fully saturated rings. The number of hydrogen-bond acceptors (Lipinski definition) is 4. The molecule has 0 saturated carbocycles. The Bertz CT molecular complexity index is 659. The number of nitrogens with zero attached hydrogens (tertiary/aromatic N) is 1. The van der Waals surface area contributed by atoms with Crippen molar-refractivity contribution in [3.8, 4) is 0 Å². The Hall–Kier alpha value is -2.21. The maximum atomic E-state index is 12.0. The van der Waals surface area contributed by atoms with Crippen molar-refractivity contribution in [2.45, 2.75) is 19.4 Å². The number of carbonyl (C=O) groups is 2. The first kappa shape index (κ1) is 17.1. The minimum Gasteiger partial charge on any atom is -0.452 e. The number of hydrogen-bond donors (Lipinski definition) is 1. The van der Waals surface area contributed by atoms with Crippen LogP contribution >= 0.6 is 15.9 Å². The van der Waals surface area contributed by atoms with Gasteiger partial charge in [0.05, 0.1) is 11.6 Å². The van der Waals surface area contributed by atoms with Crippen LogP contribution in [0.15, 0.2) is 53.3 Å². The zero-order chi connectivity index (χ0) is 16.7. The lowest BCUT2D eigenvalue weighted by atomic mass is 10.0. The van der Waals surface area contributed by atoms with Gasteiger partial charge in [0, 0.05) is 16.9 Å². The van der Waals surface area contributed by atoms with Gasteiger partial charge in [0.15, 0.2) is 6.61 Å². The zero-order valence-corrected chi connectivity index (χ0v) is 14.2. The number of benzene rings is 1. The molecular weight excluding hydrogens is 360 g/mol. The van der Waals surface area contributed by atoms with Gasteiger partial charge in [0.1, 0.15) is 0 Å². The maximum Gasteiger partial charge on any atom is 0.340 e. The molecule has 0 aliphatic rings.